The maximum atomic E-state index is 12.1. The molecule has 2 N–H and O–H groups in total. The summed E-state index contributed by atoms with van der Waals surface area (Å²) >= 11 is 0. The molecular weight excluding hydrogens is 282 g/mol. The first-order valence-electron chi connectivity index (χ1n) is 7.66. The van der Waals surface area contributed by atoms with Crippen molar-refractivity contribution in [2.24, 2.45) is 0 Å². The van der Waals surface area contributed by atoms with Crippen molar-refractivity contribution in [1.82, 2.24) is 15.1 Å². The van der Waals surface area contributed by atoms with Gasteiger partial charge in [0.05, 0.1) is 6.61 Å². The number of urea groups is 1. The fourth-order valence-corrected chi connectivity index (χ4v) is 2.56. The number of β-amino-alcohol motifs (C(OH)–C–C–N with tert-alkyl or cyclic N) is 1. The molecule has 0 atom stereocenters. The molecule has 0 radical (unpaired) electrons. The molecule has 2 rings (SSSR count). The highest BCUT2D eigenvalue weighted by Gasteiger charge is 2.20. The van der Waals surface area contributed by atoms with Gasteiger partial charge >= 0.3 is 6.03 Å². The van der Waals surface area contributed by atoms with Gasteiger partial charge in [-0.05, 0) is 25.5 Å². The molecule has 6 heteroatoms. The van der Waals surface area contributed by atoms with Crippen molar-refractivity contribution >= 4 is 6.03 Å². The topological polar surface area (TPSA) is 65.0 Å². The number of aryl methyl sites for hydroxylation is 2. The summed E-state index contributed by atoms with van der Waals surface area (Å²) in [6, 6.07) is 5.86. The van der Waals surface area contributed by atoms with Crippen LogP contribution in [0.5, 0.6) is 5.75 Å². The predicted molar refractivity (Wildman–Crippen MR) is 85.0 cm³/mol. The van der Waals surface area contributed by atoms with E-state index in [0.717, 1.165) is 24.4 Å². The molecule has 0 unspecified atom stereocenters. The second kappa shape index (κ2) is 8.00. The molecule has 122 valence electrons. The van der Waals surface area contributed by atoms with Crippen molar-refractivity contribution in [3.05, 3.63) is 29.3 Å². The number of amides is 2. The van der Waals surface area contributed by atoms with Gasteiger partial charge < -0.3 is 20.1 Å². The van der Waals surface area contributed by atoms with Crippen molar-refractivity contribution in [3.63, 3.8) is 0 Å². The van der Waals surface area contributed by atoms with Crippen LogP contribution >= 0.6 is 0 Å². The van der Waals surface area contributed by atoms with Crippen molar-refractivity contribution in [2.75, 3.05) is 46.1 Å². The fourth-order valence-electron chi connectivity index (χ4n) is 2.56. The second-order valence-corrected chi connectivity index (χ2v) is 5.59. The largest absolute Gasteiger partial charge is 0.473 e. The minimum atomic E-state index is -0.103. The molecule has 1 saturated heterocycles. The number of benzene rings is 1. The van der Waals surface area contributed by atoms with E-state index in [1.807, 2.05) is 26.0 Å². The lowest BCUT2D eigenvalue weighted by molar-refractivity contribution is 0.118. The van der Waals surface area contributed by atoms with E-state index < -0.39 is 0 Å². The number of piperazine rings is 1. The maximum Gasteiger partial charge on any atom is 0.320 e. The summed E-state index contributed by atoms with van der Waals surface area (Å²) in [4.78, 5) is 16.0. The van der Waals surface area contributed by atoms with Crippen LogP contribution in [0, 0.1) is 13.8 Å². The Bertz CT molecular complexity index is 499. The highest BCUT2D eigenvalue weighted by molar-refractivity contribution is 5.74. The highest BCUT2D eigenvalue weighted by atomic mass is 16.5. The summed E-state index contributed by atoms with van der Waals surface area (Å²) < 4.78 is 5.61. The van der Waals surface area contributed by atoms with Crippen LogP contribution in [0.2, 0.25) is 0 Å². The van der Waals surface area contributed by atoms with Gasteiger partial charge in [0.2, 0.25) is 0 Å². The van der Waals surface area contributed by atoms with Gasteiger partial charge in [-0.3, -0.25) is 4.90 Å². The van der Waals surface area contributed by atoms with Crippen LogP contribution in [0.1, 0.15) is 11.1 Å². The van der Waals surface area contributed by atoms with Crippen molar-refractivity contribution in [2.45, 2.75) is 13.8 Å². The first-order chi connectivity index (χ1) is 10.6. The molecule has 1 fully saturated rings. The van der Waals surface area contributed by atoms with Crippen LogP contribution in [0.25, 0.3) is 0 Å². The minimum Gasteiger partial charge on any atom is -0.473 e. The third-order valence-electron chi connectivity index (χ3n) is 3.86. The van der Waals surface area contributed by atoms with Crippen molar-refractivity contribution < 1.29 is 14.6 Å². The summed E-state index contributed by atoms with van der Waals surface area (Å²) in [5, 5.41) is 11.7. The first kappa shape index (κ1) is 16.6. The predicted octanol–water partition coefficient (Wildman–Crippen LogP) is 0.959. The van der Waals surface area contributed by atoms with Gasteiger partial charge in [0.25, 0.3) is 0 Å². The summed E-state index contributed by atoms with van der Waals surface area (Å²) in [7, 11) is 0. The molecular formula is C16H25N3O3. The number of ether oxygens (including phenoxy) is 1. The number of nitrogens with one attached hydrogen (secondary N) is 1. The van der Waals surface area contributed by atoms with Crippen LogP contribution in [-0.2, 0) is 0 Å². The van der Waals surface area contributed by atoms with Crippen molar-refractivity contribution in [3.8, 4) is 5.75 Å². The Hall–Kier alpha value is -1.79. The lowest BCUT2D eigenvalue weighted by atomic mass is 10.1. The second-order valence-electron chi connectivity index (χ2n) is 5.59. The minimum absolute atomic E-state index is 0.103. The van der Waals surface area contributed by atoms with Gasteiger partial charge in [-0.1, -0.05) is 17.7 Å². The zero-order valence-corrected chi connectivity index (χ0v) is 13.3. The summed E-state index contributed by atoms with van der Waals surface area (Å²) in [6.45, 7) is 7.98. The molecule has 0 aliphatic carbocycles. The molecule has 1 aromatic carbocycles. The van der Waals surface area contributed by atoms with E-state index in [1.54, 1.807) is 4.90 Å². The van der Waals surface area contributed by atoms with Crippen LogP contribution in [-0.4, -0.2) is 67.0 Å². The van der Waals surface area contributed by atoms with Crippen LogP contribution in [0.15, 0.2) is 18.2 Å². The van der Waals surface area contributed by atoms with Gasteiger partial charge in [0.1, 0.15) is 5.75 Å². The Labute approximate surface area is 131 Å². The van der Waals surface area contributed by atoms with Gasteiger partial charge in [0.15, 0.2) is 6.73 Å². The van der Waals surface area contributed by atoms with E-state index in [0.29, 0.717) is 19.6 Å². The van der Waals surface area contributed by atoms with E-state index >= 15 is 0 Å². The maximum absolute atomic E-state index is 12.1. The molecule has 22 heavy (non-hydrogen) atoms. The lowest BCUT2D eigenvalue weighted by Gasteiger charge is -2.34. The van der Waals surface area contributed by atoms with Crippen LogP contribution in [0.4, 0.5) is 4.79 Å². The van der Waals surface area contributed by atoms with Gasteiger partial charge in [-0.15, -0.1) is 0 Å². The Balaban J connectivity index is 1.72. The van der Waals surface area contributed by atoms with Gasteiger partial charge in [-0.25, -0.2) is 4.79 Å². The normalized spacial score (nSPS) is 15.7. The number of carbonyl (C=O) groups is 1. The molecule has 0 saturated carbocycles. The number of carbonyl (C=O) groups excluding carboxylic acids is 1. The molecule has 1 aliphatic rings. The fraction of sp³-hybridized carbons (Fsp3) is 0.562. The average molecular weight is 307 g/mol. The average Bonchev–Trinajstić information content (AvgIpc) is 2.50. The highest BCUT2D eigenvalue weighted by Crippen LogP contribution is 2.18. The third-order valence-corrected chi connectivity index (χ3v) is 3.86. The smallest absolute Gasteiger partial charge is 0.320 e. The number of aliphatic hydroxyl groups excluding tert-OH is 1. The molecule has 0 spiro atoms. The molecule has 0 aromatic heterocycles. The Morgan fingerprint density at radius 2 is 2.00 bits per heavy atom. The molecule has 1 aromatic rings. The number of hydrogen-bond donors (Lipinski definition) is 2. The Morgan fingerprint density at radius 3 is 2.64 bits per heavy atom. The van der Waals surface area contributed by atoms with Crippen LogP contribution < -0.4 is 10.1 Å². The summed E-state index contributed by atoms with van der Waals surface area (Å²) in [5.74, 6) is 0.790. The monoisotopic (exact) mass is 307 g/mol. The Kier molecular flexibility index (Phi) is 6.03. The standard InChI is InChI=1S/C16H25N3O3/c1-13-3-4-15(14(2)11-13)22-12-17-16(21)19-7-5-18(6-8-19)9-10-20/h3-4,11,20H,5-10,12H2,1-2H3,(H,17,21). The first-order valence-corrected chi connectivity index (χ1v) is 7.66. The molecule has 1 heterocycles. The van der Waals surface area contributed by atoms with Gasteiger partial charge in [0, 0.05) is 32.7 Å². The quantitative estimate of drug-likeness (QED) is 0.795. The SMILES string of the molecule is Cc1ccc(OCNC(=O)N2CCN(CCO)CC2)c(C)c1. The molecule has 0 bridgehead atoms. The summed E-state index contributed by atoms with van der Waals surface area (Å²) in [6.07, 6.45) is 0. The third kappa shape index (κ3) is 4.61. The number of nitrogens with zero attached hydrogens (tertiary/aromatic N) is 2. The molecule has 1 aliphatic heterocycles. The number of hydrogen-bond acceptors (Lipinski definition) is 4. The van der Waals surface area contributed by atoms with Gasteiger partial charge in [-0.2, -0.15) is 0 Å². The van der Waals surface area contributed by atoms with Crippen molar-refractivity contribution in [1.29, 1.82) is 0 Å². The lowest BCUT2D eigenvalue weighted by Crippen LogP contribution is -2.52. The van der Waals surface area contributed by atoms with Crippen LogP contribution in [0.3, 0.4) is 0 Å². The zero-order chi connectivity index (χ0) is 15.9. The van der Waals surface area contributed by atoms with E-state index in [1.165, 1.54) is 5.56 Å². The number of aliphatic hydroxyl groups is 1. The van der Waals surface area contributed by atoms with E-state index in [4.69, 9.17) is 9.84 Å². The molecule has 2 amide bonds. The zero-order valence-electron chi connectivity index (χ0n) is 13.3. The number of rotatable bonds is 5. The molecule has 6 nitrogen and oxygen atoms in total. The Morgan fingerprint density at radius 1 is 1.27 bits per heavy atom. The van der Waals surface area contributed by atoms with E-state index in [2.05, 4.69) is 16.3 Å². The van der Waals surface area contributed by atoms with E-state index in [9.17, 15) is 4.79 Å². The van der Waals surface area contributed by atoms with E-state index in [-0.39, 0.29) is 19.4 Å². The summed E-state index contributed by atoms with van der Waals surface area (Å²) in [5.41, 5.74) is 2.25.